The molecule has 0 aliphatic carbocycles. The average molecular weight is 364 g/mol. The molecule has 1 aromatic carbocycles. The number of piperidine rings is 1. The molecule has 146 valence electrons. The SMILES string of the molecule is COc1cc(OC)cc(OCCCNC(=O)CC(C)C2CCCNC2)c1. The molecule has 0 spiro atoms. The minimum atomic E-state index is 0.131. The summed E-state index contributed by atoms with van der Waals surface area (Å²) >= 11 is 0. The average Bonchev–Trinajstić information content (AvgIpc) is 2.68. The molecule has 2 unspecified atom stereocenters. The van der Waals surface area contributed by atoms with Gasteiger partial charge in [-0.25, -0.2) is 0 Å². The van der Waals surface area contributed by atoms with E-state index in [4.69, 9.17) is 14.2 Å². The maximum Gasteiger partial charge on any atom is 0.220 e. The highest BCUT2D eigenvalue weighted by atomic mass is 16.5. The Hall–Kier alpha value is -1.95. The van der Waals surface area contributed by atoms with E-state index in [9.17, 15) is 4.79 Å². The standard InChI is InChI=1S/C20H32N2O4/c1-15(16-6-4-7-21-14-16)10-20(23)22-8-5-9-26-19-12-17(24-2)11-18(13-19)25-3/h11-13,15-16,21H,4-10,14H2,1-3H3,(H,22,23). The molecule has 1 fully saturated rings. The van der Waals surface area contributed by atoms with Crippen molar-refractivity contribution in [2.75, 3.05) is 40.5 Å². The van der Waals surface area contributed by atoms with Gasteiger partial charge in [-0.15, -0.1) is 0 Å². The van der Waals surface area contributed by atoms with E-state index in [2.05, 4.69) is 17.6 Å². The van der Waals surface area contributed by atoms with Crippen LogP contribution in [0.25, 0.3) is 0 Å². The summed E-state index contributed by atoms with van der Waals surface area (Å²) < 4.78 is 16.2. The van der Waals surface area contributed by atoms with E-state index in [1.54, 1.807) is 20.3 Å². The highest BCUT2D eigenvalue weighted by molar-refractivity contribution is 5.76. The summed E-state index contributed by atoms with van der Waals surface area (Å²) in [5.41, 5.74) is 0. The first-order chi connectivity index (χ1) is 12.6. The van der Waals surface area contributed by atoms with Gasteiger partial charge in [0.15, 0.2) is 0 Å². The summed E-state index contributed by atoms with van der Waals surface area (Å²) in [6.45, 7) is 5.46. The van der Waals surface area contributed by atoms with Crippen LogP contribution in [0, 0.1) is 11.8 Å². The maximum atomic E-state index is 12.1. The molecular weight excluding hydrogens is 332 g/mol. The van der Waals surface area contributed by atoms with Gasteiger partial charge < -0.3 is 24.8 Å². The normalized spacial score (nSPS) is 18.0. The lowest BCUT2D eigenvalue weighted by molar-refractivity contribution is -0.122. The molecule has 0 bridgehead atoms. The summed E-state index contributed by atoms with van der Waals surface area (Å²) in [5.74, 6) is 3.25. The highest BCUT2D eigenvalue weighted by Gasteiger charge is 2.21. The van der Waals surface area contributed by atoms with Crippen molar-refractivity contribution < 1.29 is 19.0 Å². The van der Waals surface area contributed by atoms with Crippen LogP contribution < -0.4 is 24.8 Å². The van der Waals surface area contributed by atoms with Crippen LogP contribution in [0.2, 0.25) is 0 Å². The summed E-state index contributed by atoms with van der Waals surface area (Å²) in [4.78, 5) is 12.1. The van der Waals surface area contributed by atoms with Crippen molar-refractivity contribution in [2.24, 2.45) is 11.8 Å². The zero-order chi connectivity index (χ0) is 18.8. The fraction of sp³-hybridized carbons (Fsp3) is 0.650. The van der Waals surface area contributed by atoms with Gasteiger partial charge in [0.2, 0.25) is 5.91 Å². The number of amides is 1. The first kappa shape index (κ1) is 20.4. The van der Waals surface area contributed by atoms with Crippen molar-refractivity contribution in [3.8, 4) is 17.2 Å². The van der Waals surface area contributed by atoms with Gasteiger partial charge in [0.25, 0.3) is 0 Å². The monoisotopic (exact) mass is 364 g/mol. The molecular formula is C20H32N2O4. The Labute approximate surface area is 156 Å². The summed E-state index contributed by atoms with van der Waals surface area (Å²) in [6.07, 6.45) is 3.78. The molecule has 6 heteroatoms. The van der Waals surface area contributed by atoms with Crippen LogP contribution in [0.5, 0.6) is 17.2 Å². The van der Waals surface area contributed by atoms with Crippen molar-refractivity contribution in [2.45, 2.75) is 32.6 Å². The van der Waals surface area contributed by atoms with Gasteiger partial charge in [-0.1, -0.05) is 6.92 Å². The minimum Gasteiger partial charge on any atom is -0.496 e. The van der Waals surface area contributed by atoms with Crippen LogP contribution in [-0.2, 0) is 4.79 Å². The molecule has 0 saturated carbocycles. The predicted octanol–water partition coefficient (Wildman–Crippen LogP) is 2.61. The van der Waals surface area contributed by atoms with E-state index in [1.807, 2.05) is 12.1 Å². The number of carbonyl (C=O) groups excluding carboxylic acids is 1. The molecule has 1 amide bonds. The number of methoxy groups -OCH3 is 2. The van der Waals surface area contributed by atoms with Crippen molar-refractivity contribution in [3.05, 3.63) is 18.2 Å². The van der Waals surface area contributed by atoms with Gasteiger partial charge in [-0.3, -0.25) is 4.79 Å². The Morgan fingerprint density at radius 1 is 1.23 bits per heavy atom. The van der Waals surface area contributed by atoms with Gasteiger partial charge in [0.1, 0.15) is 17.2 Å². The van der Waals surface area contributed by atoms with Crippen LogP contribution in [0.4, 0.5) is 0 Å². The second-order valence-corrected chi connectivity index (χ2v) is 6.89. The second-order valence-electron chi connectivity index (χ2n) is 6.89. The lowest BCUT2D eigenvalue weighted by atomic mass is 9.85. The highest BCUT2D eigenvalue weighted by Crippen LogP contribution is 2.27. The third kappa shape index (κ3) is 6.75. The lowest BCUT2D eigenvalue weighted by Gasteiger charge is -2.28. The number of carbonyl (C=O) groups is 1. The molecule has 2 rings (SSSR count). The van der Waals surface area contributed by atoms with Crippen LogP contribution in [0.1, 0.15) is 32.6 Å². The van der Waals surface area contributed by atoms with Gasteiger partial charge in [-0.05, 0) is 44.2 Å². The Bertz CT molecular complexity index is 536. The Morgan fingerprint density at radius 3 is 2.54 bits per heavy atom. The quantitative estimate of drug-likeness (QED) is 0.625. The molecule has 26 heavy (non-hydrogen) atoms. The summed E-state index contributed by atoms with van der Waals surface area (Å²) in [6, 6.07) is 5.44. The molecule has 1 aliphatic heterocycles. The van der Waals surface area contributed by atoms with E-state index in [-0.39, 0.29) is 5.91 Å². The van der Waals surface area contributed by atoms with Gasteiger partial charge in [-0.2, -0.15) is 0 Å². The molecule has 1 saturated heterocycles. The Morgan fingerprint density at radius 2 is 1.92 bits per heavy atom. The zero-order valence-electron chi connectivity index (χ0n) is 16.2. The Balaban J connectivity index is 1.63. The third-order valence-electron chi connectivity index (χ3n) is 4.88. The van der Waals surface area contributed by atoms with E-state index >= 15 is 0 Å². The van der Waals surface area contributed by atoms with Crippen LogP contribution in [0.15, 0.2) is 18.2 Å². The van der Waals surface area contributed by atoms with Crippen molar-refractivity contribution >= 4 is 5.91 Å². The van der Waals surface area contributed by atoms with Gasteiger partial charge in [0, 0.05) is 31.2 Å². The largest absolute Gasteiger partial charge is 0.496 e. The van der Waals surface area contributed by atoms with Gasteiger partial charge >= 0.3 is 0 Å². The Kier molecular flexibility index (Phi) is 8.54. The van der Waals surface area contributed by atoms with E-state index in [1.165, 1.54) is 12.8 Å². The predicted molar refractivity (Wildman–Crippen MR) is 102 cm³/mol. The number of rotatable bonds is 10. The molecule has 0 aromatic heterocycles. The zero-order valence-corrected chi connectivity index (χ0v) is 16.2. The fourth-order valence-electron chi connectivity index (χ4n) is 3.25. The lowest BCUT2D eigenvalue weighted by Crippen LogP contribution is -2.35. The molecule has 0 radical (unpaired) electrons. The van der Waals surface area contributed by atoms with Crippen LogP contribution in [-0.4, -0.2) is 46.4 Å². The molecule has 1 aromatic rings. The fourth-order valence-corrected chi connectivity index (χ4v) is 3.25. The number of hydrogen-bond donors (Lipinski definition) is 2. The van der Waals surface area contributed by atoms with E-state index in [0.29, 0.717) is 48.7 Å². The molecule has 2 N–H and O–H groups in total. The molecule has 6 nitrogen and oxygen atoms in total. The van der Waals surface area contributed by atoms with Crippen LogP contribution >= 0.6 is 0 Å². The van der Waals surface area contributed by atoms with E-state index in [0.717, 1.165) is 19.5 Å². The van der Waals surface area contributed by atoms with Gasteiger partial charge in [0.05, 0.1) is 20.8 Å². The first-order valence-electron chi connectivity index (χ1n) is 9.45. The van der Waals surface area contributed by atoms with Crippen molar-refractivity contribution in [1.29, 1.82) is 0 Å². The summed E-state index contributed by atoms with van der Waals surface area (Å²) in [5, 5.41) is 6.41. The third-order valence-corrected chi connectivity index (χ3v) is 4.88. The number of nitrogens with one attached hydrogen (secondary N) is 2. The van der Waals surface area contributed by atoms with Crippen molar-refractivity contribution in [1.82, 2.24) is 10.6 Å². The first-order valence-corrected chi connectivity index (χ1v) is 9.45. The van der Waals surface area contributed by atoms with Crippen LogP contribution in [0.3, 0.4) is 0 Å². The minimum absolute atomic E-state index is 0.131. The van der Waals surface area contributed by atoms with E-state index < -0.39 is 0 Å². The topological polar surface area (TPSA) is 68.8 Å². The maximum absolute atomic E-state index is 12.1. The molecule has 1 aliphatic rings. The number of hydrogen-bond acceptors (Lipinski definition) is 5. The van der Waals surface area contributed by atoms with Crippen molar-refractivity contribution in [3.63, 3.8) is 0 Å². The number of ether oxygens (including phenoxy) is 3. The smallest absolute Gasteiger partial charge is 0.220 e. The molecule has 1 heterocycles. The second kappa shape index (κ2) is 10.9. The summed E-state index contributed by atoms with van der Waals surface area (Å²) in [7, 11) is 3.22. The number of benzene rings is 1. The molecule has 2 atom stereocenters.